The molecule has 0 aliphatic carbocycles. The van der Waals surface area contributed by atoms with Gasteiger partial charge >= 0.3 is 5.97 Å². The number of nitrogens with zero attached hydrogens (tertiary/aromatic N) is 2. The highest BCUT2D eigenvalue weighted by molar-refractivity contribution is 5.96. The summed E-state index contributed by atoms with van der Waals surface area (Å²) in [6.45, 7) is 8.95. The van der Waals surface area contributed by atoms with Crippen molar-refractivity contribution in [1.82, 2.24) is 26.6 Å². The number of benzene rings is 1. The fourth-order valence-electron chi connectivity index (χ4n) is 5.37. The van der Waals surface area contributed by atoms with Gasteiger partial charge in [0.25, 0.3) is 0 Å². The third kappa shape index (κ3) is 18.6. The number of rotatable bonds is 25. The number of hydrogen-bond acceptors (Lipinski definition) is 10. The maximum absolute atomic E-state index is 13.9. The van der Waals surface area contributed by atoms with E-state index in [0.29, 0.717) is 18.4 Å². The number of aliphatic carboxylic acids is 1. The summed E-state index contributed by atoms with van der Waals surface area (Å²) in [6, 6.07) is -1.09. The second kappa shape index (κ2) is 24.7. The van der Waals surface area contributed by atoms with E-state index in [-0.39, 0.29) is 68.8 Å². The topological polar surface area (TPSA) is 358 Å². The Bertz CT molecular complexity index is 1510. The van der Waals surface area contributed by atoms with Gasteiger partial charge in [-0.1, -0.05) is 46.2 Å². The van der Waals surface area contributed by atoms with Gasteiger partial charge in [0.15, 0.2) is 11.9 Å². The Morgan fingerprint density at radius 1 is 0.679 bits per heavy atom. The van der Waals surface area contributed by atoms with Crippen LogP contribution >= 0.6 is 0 Å². The van der Waals surface area contributed by atoms with Gasteiger partial charge in [0.2, 0.25) is 29.5 Å². The molecule has 0 bridgehead atoms. The second-order valence-electron chi connectivity index (χ2n) is 14.1. The first-order valence-corrected chi connectivity index (χ1v) is 18.6. The van der Waals surface area contributed by atoms with Gasteiger partial charge < -0.3 is 65.5 Å². The fourth-order valence-corrected chi connectivity index (χ4v) is 5.37. The Kier molecular flexibility index (Phi) is 21.3. The lowest BCUT2D eigenvalue weighted by Crippen LogP contribution is -2.60. The average molecular weight is 791 g/mol. The van der Waals surface area contributed by atoms with E-state index in [1.165, 1.54) is 19.1 Å². The van der Waals surface area contributed by atoms with Gasteiger partial charge in [-0.15, -0.1) is 0 Å². The minimum atomic E-state index is -1.29. The number of carboxylic acid groups (broad SMARTS) is 1. The molecule has 314 valence electrons. The van der Waals surface area contributed by atoms with Crippen molar-refractivity contribution < 1.29 is 39.0 Å². The van der Waals surface area contributed by atoms with Gasteiger partial charge in [0, 0.05) is 19.5 Å². The maximum atomic E-state index is 13.9. The molecule has 0 aliphatic rings. The van der Waals surface area contributed by atoms with Crippen molar-refractivity contribution in [3.05, 3.63) is 29.8 Å². The highest BCUT2D eigenvalue weighted by Gasteiger charge is 2.34. The van der Waals surface area contributed by atoms with Crippen LogP contribution in [-0.4, -0.2) is 107 Å². The Labute approximate surface area is 327 Å². The van der Waals surface area contributed by atoms with Crippen LogP contribution in [0, 0.1) is 11.8 Å². The third-order valence-corrected chi connectivity index (χ3v) is 8.76. The van der Waals surface area contributed by atoms with E-state index in [0.717, 1.165) is 0 Å². The molecule has 7 atom stereocenters. The van der Waals surface area contributed by atoms with E-state index < -0.39 is 77.7 Å². The number of carbonyl (C=O) groups is 6. The predicted octanol–water partition coefficient (Wildman–Crippen LogP) is -2.01. The molecule has 0 radical (unpaired) electrons. The SMILES string of the molecule is CC[C@H](C)[C@H](NC(=O)[C@H](Cc1ccc(O)cc1)NC(=O)[C@H](C)NC(=O)[C@H](CCCN=C(N)N)NC(=O)[C@@H](N)CCCN=C(N)N)C(=O)N[C@@H](CC(C)C)C(=O)O. The maximum Gasteiger partial charge on any atom is 0.326 e. The van der Waals surface area contributed by atoms with Crippen LogP contribution in [0.2, 0.25) is 0 Å². The normalized spacial score (nSPS) is 14.7. The minimum absolute atomic E-state index is 0.0233. The quantitative estimate of drug-likeness (QED) is 0.0290. The van der Waals surface area contributed by atoms with E-state index in [2.05, 4.69) is 36.6 Å². The number of hydrogen-bond donors (Lipinski definition) is 12. The van der Waals surface area contributed by atoms with Gasteiger partial charge in [-0.25, -0.2) is 4.79 Å². The van der Waals surface area contributed by atoms with Crippen LogP contribution < -0.4 is 55.3 Å². The van der Waals surface area contributed by atoms with Gasteiger partial charge in [-0.05, 0) is 68.6 Å². The molecule has 0 aromatic heterocycles. The molecule has 1 rings (SSSR count). The summed E-state index contributed by atoms with van der Waals surface area (Å²) in [6.07, 6.45) is 1.50. The first-order chi connectivity index (χ1) is 26.2. The van der Waals surface area contributed by atoms with Gasteiger partial charge in [0.1, 0.15) is 36.0 Å². The molecule has 5 amide bonds. The summed E-state index contributed by atoms with van der Waals surface area (Å²) in [5.41, 5.74) is 28.0. The Hall–Kier alpha value is -5.66. The molecule has 0 saturated heterocycles. The Morgan fingerprint density at radius 3 is 1.71 bits per heavy atom. The summed E-state index contributed by atoms with van der Waals surface area (Å²) >= 11 is 0. The van der Waals surface area contributed by atoms with Crippen molar-refractivity contribution in [2.75, 3.05) is 13.1 Å². The predicted molar refractivity (Wildman–Crippen MR) is 211 cm³/mol. The van der Waals surface area contributed by atoms with Crippen LogP contribution in [0.3, 0.4) is 0 Å². The lowest BCUT2D eigenvalue weighted by molar-refractivity contribution is -0.143. The van der Waals surface area contributed by atoms with Crippen molar-refractivity contribution in [3.8, 4) is 5.75 Å². The lowest BCUT2D eigenvalue weighted by Gasteiger charge is -2.29. The number of phenolic OH excluding ortho intramolecular Hbond substituents is 1. The van der Waals surface area contributed by atoms with Crippen molar-refractivity contribution in [1.29, 1.82) is 0 Å². The molecule has 0 heterocycles. The number of nitrogens with one attached hydrogen (secondary N) is 5. The minimum Gasteiger partial charge on any atom is -0.508 e. The molecule has 20 nitrogen and oxygen atoms in total. The van der Waals surface area contributed by atoms with Crippen molar-refractivity contribution in [2.45, 2.75) is 116 Å². The molecule has 0 saturated carbocycles. The number of nitrogens with two attached hydrogens (primary N) is 5. The highest BCUT2D eigenvalue weighted by atomic mass is 16.4. The van der Waals surface area contributed by atoms with Crippen molar-refractivity contribution in [3.63, 3.8) is 0 Å². The summed E-state index contributed by atoms with van der Waals surface area (Å²) in [4.78, 5) is 86.9. The molecule has 0 aliphatic heterocycles. The number of aliphatic imine (C=N–C) groups is 2. The number of carboxylic acids is 1. The number of phenols is 1. The molecule has 0 fully saturated rings. The van der Waals surface area contributed by atoms with Gasteiger partial charge in [0.05, 0.1) is 6.04 Å². The molecular weight excluding hydrogens is 728 g/mol. The van der Waals surface area contributed by atoms with E-state index in [1.54, 1.807) is 26.0 Å². The molecule has 1 aromatic rings. The van der Waals surface area contributed by atoms with Crippen LogP contribution in [0.15, 0.2) is 34.3 Å². The molecule has 0 unspecified atom stereocenters. The Morgan fingerprint density at radius 2 is 1.20 bits per heavy atom. The number of aromatic hydroxyl groups is 1. The van der Waals surface area contributed by atoms with Crippen LogP contribution in [0.5, 0.6) is 5.75 Å². The van der Waals surface area contributed by atoms with Gasteiger partial charge in [-0.3, -0.25) is 34.0 Å². The van der Waals surface area contributed by atoms with E-state index in [9.17, 15) is 39.0 Å². The molecule has 0 spiro atoms. The first-order valence-electron chi connectivity index (χ1n) is 18.6. The van der Waals surface area contributed by atoms with E-state index in [4.69, 9.17) is 28.7 Å². The molecule has 56 heavy (non-hydrogen) atoms. The summed E-state index contributed by atoms with van der Waals surface area (Å²) in [7, 11) is 0. The molecule has 20 heteroatoms. The summed E-state index contributed by atoms with van der Waals surface area (Å²) in [5, 5.41) is 32.5. The zero-order chi connectivity index (χ0) is 42.5. The van der Waals surface area contributed by atoms with E-state index >= 15 is 0 Å². The highest BCUT2D eigenvalue weighted by Crippen LogP contribution is 2.14. The second-order valence-corrected chi connectivity index (χ2v) is 14.1. The number of carbonyl (C=O) groups excluding carboxylic acids is 5. The monoisotopic (exact) mass is 790 g/mol. The summed E-state index contributed by atoms with van der Waals surface area (Å²) < 4.78 is 0. The standard InChI is InChI=1S/C36H62N12O8/c1-6-20(4)28(33(54)47-27(34(55)56)17-19(2)3)48-32(53)26(18-22-11-13-23(49)14-12-22)46-29(50)21(5)44-31(52)25(10-8-16-43-36(40)41)45-30(51)24(37)9-7-15-42-35(38)39/h11-14,19-21,24-28,49H,6-10,15-18,37H2,1-5H3,(H,44,52)(H,45,51)(H,46,50)(H,47,54)(H,48,53)(H,55,56)(H4,38,39,42)(H4,40,41,43)/t20-,21-,24-,25-,26-,27-,28-/m0/s1. The van der Waals surface area contributed by atoms with Crippen molar-refractivity contribution >= 4 is 47.4 Å². The number of amides is 5. The average Bonchev–Trinajstić information content (AvgIpc) is 3.12. The van der Waals surface area contributed by atoms with Crippen LogP contribution in [-0.2, 0) is 35.2 Å². The van der Waals surface area contributed by atoms with Crippen LogP contribution in [0.4, 0.5) is 0 Å². The number of guanidine groups is 2. The molecule has 17 N–H and O–H groups in total. The summed E-state index contributed by atoms with van der Waals surface area (Å²) in [5.74, 6) is -5.53. The van der Waals surface area contributed by atoms with E-state index in [1.807, 2.05) is 13.8 Å². The largest absolute Gasteiger partial charge is 0.508 e. The van der Waals surface area contributed by atoms with Crippen molar-refractivity contribution in [2.24, 2.45) is 50.5 Å². The fraction of sp³-hybridized carbons (Fsp3) is 0.611. The zero-order valence-corrected chi connectivity index (χ0v) is 32.9. The van der Waals surface area contributed by atoms with Crippen LogP contribution in [0.1, 0.15) is 78.7 Å². The zero-order valence-electron chi connectivity index (χ0n) is 32.9. The van der Waals surface area contributed by atoms with Gasteiger partial charge in [-0.2, -0.15) is 0 Å². The molecular formula is C36H62N12O8. The third-order valence-electron chi connectivity index (χ3n) is 8.76. The molecule has 1 aromatic carbocycles. The first kappa shape index (κ1) is 48.4. The van der Waals surface area contributed by atoms with Crippen LogP contribution in [0.25, 0.3) is 0 Å². The Balaban J connectivity index is 3.25. The smallest absolute Gasteiger partial charge is 0.326 e. The lowest BCUT2D eigenvalue weighted by atomic mass is 9.96.